The normalized spacial score (nSPS) is 10.5. The zero-order valence-corrected chi connectivity index (χ0v) is 9.01. The van der Waals surface area contributed by atoms with E-state index in [0.29, 0.717) is 15.6 Å². The third kappa shape index (κ3) is 1.76. The Labute approximate surface area is 95.8 Å². The summed E-state index contributed by atoms with van der Waals surface area (Å²) in [5.41, 5.74) is 5.77. The first kappa shape index (κ1) is 10.2. The summed E-state index contributed by atoms with van der Waals surface area (Å²) in [7, 11) is 0. The van der Waals surface area contributed by atoms with Crippen molar-refractivity contribution < 1.29 is 4.79 Å². The van der Waals surface area contributed by atoms with E-state index >= 15 is 0 Å². The van der Waals surface area contributed by atoms with Crippen molar-refractivity contribution in [2.45, 2.75) is 0 Å². The van der Waals surface area contributed by atoms with Gasteiger partial charge in [-0.3, -0.25) is 4.79 Å². The molecule has 2 N–H and O–H groups in total. The van der Waals surface area contributed by atoms with Crippen LogP contribution < -0.4 is 5.73 Å². The van der Waals surface area contributed by atoms with E-state index in [1.165, 1.54) is 0 Å². The molecule has 1 heterocycles. The molecule has 0 saturated heterocycles. The lowest BCUT2D eigenvalue weighted by molar-refractivity contribution is 0.0996. The Hall–Kier alpha value is -1.32. The molecule has 0 fully saturated rings. The highest BCUT2D eigenvalue weighted by molar-refractivity contribution is 6.45. The SMILES string of the molecule is NC(=O)c1ccc2ccc(Cl)c(Cl)c2n1. The number of amides is 1. The fourth-order valence-electron chi connectivity index (χ4n) is 1.27. The summed E-state index contributed by atoms with van der Waals surface area (Å²) in [6, 6.07) is 6.73. The van der Waals surface area contributed by atoms with Crippen molar-refractivity contribution in [1.82, 2.24) is 4.98 Å². The Kier molecular flexibility index (Phi) is 2.50. The smallest absolute Gasteiger partial charge is 0.267 e. The fourth-order valence-corrected chi connectivity index (χ4v) is 1.63. The van der Waals surface area contributed by atoms with Crippen molar-refractivity contribution in [2.75, 3.05) is 0 Å². The van der Waals surface area contributed by atoms with Gasteiger partial charge in [0.15, 0.2) is 0 Å². The minimum Gasteiger partial charge on any atom is -0.364 e. The van der Waals surface area contributed by atoms with Crippen LogP contribution in [0.2, 0.25) is 10.0 Å². The summed E-state index contributed by atoms with van der Waals surface area (Å²) in [4.78, 5) is 15.0. The lowest BCUT2D eigenvalue weighted by atomic mass is 10.2. The number of carbonyl (C=O) groups excluding carboxylic acids is 1. The van der Waals surface area contributed by atoms with Gasteiger partial charge in [0.2, 0.25) is 0 Å². The van der Waals surface area contributed by atoms with E-state index in [9.17, 15) is 4.79 Å². The third-order valence-electron chi connectivity index (χ3n) is 2.01. The van der Waals surface area contributed by atoms with Gasteiger partial charge in [0.1, 0.15) is 5.69 Å². The number of benzene rings is 1. The number of halogens is 2. The zero-order valence-electron chi connectivity index (χ0n) is 7.50. The van der Waals surface area contributed by atoms with Crippen LogP contribution in [0.25, 0.3) is 10.9 Å². The molecule has 0 unspecified atom stereocenters. The molecule has 0 saturated carbocycles. The van der Waals surface area contributed by atoms with Crippen molar-refractivity contribution in [1.29, 1.82) is 0 Å². The first-order chi connectivity index (χ1) is 7.09. The van der Waals surface area contributed by atoms with E-state index in [4.69, 9.17) is 28.9 Å². The number of nitrogens with zero attached hydrogens (tertiary/aromatic N) is 1. The van der Waals surface area contributed by atoms with Crippen LogP contribution in [0.5, 0.6) is 0 Å². The second-order valence-corrected chi connectivity index (χ2v) is 3.78. The highest BCUT2D eigenvalue weighted by atomic mass is 35.5. The predicted octanol–water partition coefficient (Wildman–Crippen LogP) is 2.64. The number of carbonyl (C=O) groups is 1. The predicted molar refractivity (Wildman–Crippen MR) is 60.3 cm³/mol. The van der Waals surface area contributed by atoms with E-state index < -0.39 is 5.91 Å². The standard InChI is InChI=1S/C10H6Cl2N2O/c11-6-3-1-5-2-4-7(10(13)15)14-9(5)8(6)12/h1-4H,(H2,13,15). The van der Waals surface area contributed by atoms with Crippen molar-refractivity contribution in [3.05, 3.63) is 40.0 Å². The monoisotopic (exact) mass is 240 g/mol. The molecular weight excluding hydrogens is 235 g/mol. The maximum atomic E-state index is 10.9. The van der Waals surface area contributed by atoms with Crippen LogP contribution in [0.3, 0.4) is 0 Å². The molecule has 76 valence electrons. The molecule has 5 heteroatoms. The molecular formula is C10H6Cl2N2O. The summed E-state index contributed by atoms with van der Waals surface area (Å²) < 4.78 is 0. The van der Waals surface area contributed by atoms with E-state index in [1.54, 1.807) is 24.3 Å². The molecule has 0 atom stereocenters. The Morgan fingerprint density at radius 1 is 1.20 bits per heavy atom. The quantitative estimate of drug-likeness (QED) is 0.834. The highest BCUT2D eigenvalue weighted by Gasteiger charge is 2.08. The molecule has 0 aliphatic heterocycles. The molecule has 0 aliphatic carbocycles. The van der Waals surface area contributed by atoms with E-state index in [2.05, 4.69) is 4.98 Å². The van der Waals surface area contributed by atoms with Crippen LogP contribution in [-0.2, 0) is 0 Å². The van der Waals surface area contributed by atoms with E-state index in [0.717, 1.165) is 5.39 Å². The largest absolute Gasteiger partial charge is 0.364 e. The van der Waals surface area contributed by atoms with Crippen molar-refractivity contribution in [3.63, 3.8) is 0 Å². The van der Waals surface area contributed by atoms with Crippen molar-refractivity contribution in [2.24, 2.45) is 5.73 Å². The first-order valence-electron chi connectivity index (χ1n) is 4.14. The van der Waals surface area contributed by atoms with Gasteiger partial charge in [0.05, 0.1) is 15.6 Å². The van der Waals surface area contributed by atoms with Gasteiger partial charge in [-0.05, 0) is 12.1 Å². The zero-order chi connectivity index (χ0) is 11.0. The molecule has 0 radical (unpaired) electrons. The lowest BCUT2D eigenvalue weighted by Crippen LogP contribution is -2.12. The number of hydrogen-bond donors (Lipinski definition) is 1. The number of hydrogen-bond acceptors (Lipinski definition) is 2. The Morgan fingerprint density at radius 3 is 2.53 bits per heavy atom. The number of nitrogens with two attached hydrogens (primary N) is 1. The van der Waals surface area contributed by atoms with Gasteiger partial charge in [-0.1, -0.05) is 35.3 Å². The van der Waals surface area contributed by atoms with Crippen molar-refractivity contribution in [3.8, 4) is 0 Å². The van der Waals surface area contributed by atoms with Crippen LogP contribution in [0, 0.1) is 0 Å². The molecule has 2 rings (SSSR count). The second-order valence-electron chi connectivity index (χ2n) is 2.99. The summed E-state index contributed by atoms with van der Waals surface area (Å²) in [5.74, 6) is -0.590. The summed E-state index contributed by atoms with van der Waals surface area (Å²) in [6.45, 7) is 0. The molecule has 1 amide bonds. The lowest BCUT2D eigenvalue weighted by Gasteiger charge is -2.02. The first-order valence-corrected chi connectivity index (χ1v) is 4.90. The average Bonchev–Trinajstić information content (AvgIpc) is 2.23. The number of aromatic nitrogens is 1. The number of fused-ring (bicyclic) bond motifs is 1. The molecule has 15 heavy (non-hydrogen) atoms. The average molecular weight is 241 g/mol. The number of pyridine rings is 1. The number of rotatable bonds is 1. The van der Waals surface area contributed by atoms with Crippen LogP contribution >= 0.6 is 23.2 Å². The highest BCUT2D eigenvalue weighted by Crippen LogP contribution is 2.29. The molecule has 2 aromatic rings. The van der Waals surface area contributed by atoms with Gasteiger partial charge in [0.25, 0.3) is 5.91 Å². The van der Waals surface area contributed by atoms with Gasteiger partial charge < -0.3 is 5.73 Å². The maximum absolute atomic E-state index is 10.9. The second kappa shape index (κ2) is 3.68. The van der Waals surface area contributed by atoms with Crippen LogP contribution in [0.1, 0.15) is 10.5 Å². The number of primary amides is 1. The molecule has 1 aromatic heterocycles. The van der Waals surface area contributed by atoms with Crippen LogP contribution in [0.4, 0.5) is 0 Å². The minimum atomic E-state index is -0.590. The maximum Gasteiger partial charge on any atom is 0.267 e. The molecule has 0 bridgehead atoms. The summed E-state index contributed by atoms with van der Waals surface area (Å²) in [6.07, 6.45) is 0. The Balaban J connectivity index is 2.79. The Bertz CT molecular complexity index is 554. The fraction of sp³-hybridized carbons (Fsp3) is 0. The molecule has 1 aromatic carbocycles. The van der Waals surface area contributed by atoms with Gasteiger partial charge in [-0.15, -0.1) is 0 Å². The summed E-state index contributed by atoms with van der Waals surface area (Å²) >= 11 is 11.8. The Morgan fingerprint density at radius 2 is 1.87 bits per heavy atom. The topological polar surface area (TPSA) is 56.0 Å². The van der Waals surface area contributed by atoms with Crippen LogP contribution in [0.15, 0.2) is 24.3 Å². The van der Waals surface area contributed by atoms with Gasteiger partial charge in [-0.25, -0.2) is 4.98 Å². The van der Waals surface area contributed by atoms with E-state index in [1.807, 2.05) is 0 Å². The van der Waals surface area contributed by atoms with E-state index in [-0.39, 0.29) is 5.69 Å². The molecule has 3 nitrogen and oxygen atoms in total. The van der Waals surface area contributed by atoms with Crippen molar-refractivity contribution >= 4 is 40.0 Å². The molecule has 0 aliphatic rings. The van der Waals surface area contributed by atoms with Gasteiger partial charge in [-0.2, -0.15) is 0 Å². The minimum absolute atomic E-state index is 0.173. The summed E-state index contributed by atoms with van der Waals surface area (Å²) in [5, 5.41) is 1.55. The molecule has 0 spiro atoms. The third-order valence-corrected chi connectivity index (χ3v) is 2.80. The van der Waals surface area contributed by atoms with Gasteiger partial charge in [0, 0.05) is 5.39 Å². The van der Waals surface area contributed by atoms with Crippen LogP contribution in [-0.4, -0.2) is 10.9 Å². The van der Waals surface area contributed by atoms with Gasteiger partial charge >= 0.3 is 0 Å².